The molecule has 4 heterocycles. The lowest BCUT2D eigenvalue weighted by molar-refractivity contribution is 0.681. The molecule has 1 aromatic carbocycles. The molecular weight excluding hydrogens is 588 g/mol. The molecule has 0 fully saturated rings. The summed E-state index contributed by atoms with van der Waals surface area (Å²) in [6.07, 6.45) is 0.613. The fraction of sp³-hybridized carbons (Fsp3) is 0.273. The van der Waals surface area contributed by atoms with Crippen LogP contribution in [0.15, 0.2) is 53.3 Å². The monoisotopic (exact) mass is 606 g/mol. The first-order valence-corrected chi connectivity index (χ1v) is 13.2. The maximum Gasteiger partial charge on any atom is 0.329 e. The standard InChI is InChI=1S/C22H20BrClN8O4S/c1-29-15-13(17(33)27-20(29)35)31(19(23)25-15)8-5-9-37-22-26-16-14(18(34)28-21(36)30(16)2)32(22)10-11-6-3-4-7-12(11)24/h3-4,6-7H,5,8-10H2,1-2H3,(H,27,33,35)(H,28,34,36). The normalized spacial score (nSPS) is 11.7. The summed E-state index contributed by atoms with van der Waals surface area (Å²) in [6, 6.07) is 7.32. The molecule has 0 atom stereocenters. The van der Waals surface area contributed by atoms with Crippen molar-refractivity contribution in [3.8, 4) is 0 Å². The molecule has 0 aliphatic heterocycles. The molecule has 5 rings (SSSR count). The zero-order chi connectivity index (χ0) is 26.4. The van der Waals surface area contributed by atoms with E-state index in [2.05, 4.69) is 35.9 Å². The summed E-state index contributed by atoms with van der Waals surface area (Å²) in [6.45, 7) is 0.732. The maximum absolute atomic E-state index is 12.7. The number of thioether (sulfide) groups is 1. The molecule has 12 nitrogen and oxygen atoms in total. The summed E-state index contributed by atoms with van der Waals surface area (Å²) < 4.78 is 6.48. The third kappa shape index (κ3) is 4.49. The first kappa shape index (κ1) is 25.3. The average Bonchev–Trinajstić information content (AvgIpc) is 3.38. The fourth-order valence-corrected chi connectivity index (χ4v) is 5.70. The molecule has 0 saturated carbocycles. The van der Waals surface area contributed by atoms with E-state index in [1.165, 1.54) is 20.9 Å². The molecule has 5 aromatic rings. The van der Waals surface area contributed by atoms with Gasteiger partial charge in [0, 0.05) is 31.4 Å². The van der Waals surface area contributed by atoms with Crippen LogP contribution in [-0.2, 0) is 27.2 Å². The fourth-order valence-electron chi connectivity index (χ4n) is 4.07. The SMILES string of the molecule is Cn1c(=O)[nH]c(=O)c2c1nc(Br)n2CCCSc1nc2c(c(=O)[nH]c(=O)n2C)n1Cc1ccccc1Cl. The smallest absolute Gasteiger partial charge is 0.313 e. The van der Waals surface area contributed by atoms with Crippen molar-refractivity contribution in [1.29, 1.82) is 0 Å². The van der Waals surface area contributed by atoms with E-state index < -0.39 is 22.5 Å². The van der Waals surface area contributed by atoms with Crippen LogP contribution in [0.3, 0.4) is 0 Å². The van der Waals surface area contributed by atoms with Crippen molar-refractivity contribution < 1.29 is 0 Å². The summed E-state index contributed by atoms with van der Waals surface area (Å²) in [4.78, 5) is 62.8. The summed E-state index contributed by atoms with van der Waals surface area (Å²) in [5, 5.41) is 1.11. The minimum atomic E-state index is -0.548. The van der Waals surface area contributed by atoms with Gasteiger partial charge in [-0.15, -0.1) is 0 Å². The van der Waals surface area contributed by atoms with E-state index in [0.717, 1.165) is 5.56 Å². The minimum absolute atomic E-state index is 0.277. The van der Waals surface area contributed by atoms with Crippen molar-refractivity contribution in [2.45, 2.75) is 24.7 Å². The van der Waals surface area contributed by atoms with Gasteiger partial charge in [-0.1, -0.05) is 41.6 Å². The zero-order valence-corrected chi connectivity index (χ0v) is 22.8. The van der Waals surface area contributed by atoms with Gasteiger partial charge in [0.15, 0.2) is 32.2 Å². The average molecular weight is 608 g/mol. The number of fused-ring (bicyclic) bond motifs is 2. The van der Waals surface area contributed by atoms with E-state index in [1.54, 1.807) is 29.3 Å². The summed E-state index contributed by atoms with van der Waals surface area (Å²) in [5.41, 5.74) is -0.174. The van der Waals surface area contributed by atoms with Crippen molar-refractivity contribution >= 4 is 61.6 Å². The number of hydrogen-bond donors (Lipinski definition) is 2. The first-order chi connectivity index (χ1) is 17.7. The van der Waals surface area contributed by atoms with Gasteiger partial charge in [-0.2, -0.15) is 0 Å². The molecule has 0 aliphatic rings. The molecule has 0 radical (unpaired) electrons. The van der Waals surface area contributed by atoms with Crippen molar-refractivity contribution in [1.82, 2.24) is 38.2 Å². The van der Waals surface area contributed by atoms with Gasteiger partial charge in [0.25, 0.3) is 11.1 Å². The van der Waals surface area contributed by atoms with Crippen molar-refractivity contribution in [3.05, 3.63) is 81.3 Å². The van der Waals surface area contributed by atoms with Gasteiger partial charge < -0.3 is 9.13 Å². The minimum Gasteiger partial charge on any atom is -0.313 e. The van der Waals surface area contributed by atoms with E-state index in [9.17, 15) is 19.2 Å². The van der Waals surface area contributed by atoms with E-state index in [1.807, 2.05) is 18.2 Å². The highest BCUT2D eigenvalue weighted by molar-refractivity contribution is 9.10. The highest BCUT2D eigenvalue weighted by Gasteiger charge is 2.19. The van der Waals surface area contributed by atoms with E-state index in [0.29, 0.717) is 45.7 Å². The predicted molar refractivity (Wildman–Crippen MR) is 145 cm³/mol. The molecule has 37 heavy (non-hydrogen) atoms. The number of nitrogens with zero attached hydrogens (tertiary/aromatic N) is 6. The van der Waals surface area contributed by atoms with E-state index in [4.69, 9.17) is 11.6 Å². The quantitative estimate of drug-likeness (QED) is 0.163. The van der Waals surface area contributed by atoms with Crippen LogP contribution in [0.1, 0.15) is 12.0 Å². The summed E-state index contributed by atoms with van der Waals surface area (Å²) in [7, 11) is 3.09. The van der Waals surface area contributed by atoms with Gasteiger partial charge >= 0.3 is 11.4 Å². The Balaban J connectivity index is 1.45. The Labute approximate surface area is 225 Å². The van der Waals surface area contributed by atoms with Crippen LogP contribution in [0.4, 0.5) is 0 Å². The van der Waals surface area contributed by atoms with Crippen LogP contribution < -0.4 is 22.5 Å². The number of aryl methyl sites for hydroxylation is 3. The predicted octanol–water partition coefficient (Wildman–Crippen LogP) is 1.81. The van der Waals surface area contributed by atoms with Crippen LogP contribution in [0.25, 0.3) is 22.3 Å². The molecule has 0 bridgehead atoms. The second-order valence-corrected chi connectivity index (χ2v) is 10.5. The Morgan fingerprint density at radius 3 is 2.16 bits per heavy atom. The van der Waals surface area contributed by atoms with Gasteiger partial charge in [0.05, 0.1) is 6.54 Å². The van der Waals surface area contributed by atoms with E-state index in [-0.39, 0.29) is 16.8 Å². The lowest BCUT2D eigenvalue weighted by Crippen LogP contribution is -2.29. The number of halogens is 2. The topological polar surface area (TPSA) is 145 Å². The molecule has 0 amide bonds. The maximum atomic E-state index is 12.7. The van der Waals surface area contributed by atoms with Crippen LogP contribution in [0.5, 0.6) is 0 Å². The number of H-pyrrole nitrogens is 2. The van der Waals surface area contributed by atoms with Crippen LogP contribution in [-0.4, -0.2) is 44.0 Å². The highest BCUT2D eigenvalue weighted by atomic mass is 79.9. The number of rotatable bonds is 7. The Morgan fingerprint density at radius 2 is 1.51 bits per heavy atom. The lowest BCUT2D eigenvalue weighted by Gasteiger charge is -2.10. The number of nitrogens with one attached hydrogen (secondary N) is 2. The van der Waals surface area contributed by atoms with Crippen LogP contribution in [0.2, 0.25) is 5.02 Å². The third-order valence-electron chi connectivity index (χ3n) is 5.98. The molecule has 15 heteroatoms. The molecule has 0 saturated heterocycles. The van der Waals surface area contributed by atoms with Crippen LogP contribution in [0, 0.1) is 0 Å². The third-order valence-corrected chi connectivity index (χ3v) is 8.01. The van der Waals surface area contributed by atoms with E-state index >= 15 is 0 Å². The molecule has 192 valence electrons. The Bertz CT molecular complexity index is 1910. The second kappa shape index (κ2) is 9.84. The Hall–Kier alpha value is -3.36. The lowest BCUT2D eigenvalue weighted by atomic mass is 10.2. The molecule has 0 unspecified atom stereocenters. The summed E-state index contributed by atoms with van der Waals surface area (Å²) in [5.74, 6) is 0.577. The van der Waals surface area contributed by atoms with Gasteiger partial charge in [-0.3, -0.25) is 28.7 Å². The summed E-state index contributed by atoms with van der Waals surface area (Å²) >= 11 is 11.2. The highest BCUT2D eigenvalue weighted by Crippen LogP contribution is 2.26. The van der Waals surface area contributed by atoms with Crippen LogP contribution >= 0.6 is 39.3 Å². The number of aromatic nitrogens is 8. The number of aromatic amines is 2. The van der Waals surface area contributed by atoms with Crippen molar-refractivity contribution in [2.24, 2.45) is 14.1 Å². The van der Waals surface area contributed by atoms with Gasteiger partial charge in [-0.05, 0) is 34.0 Å². The van der Waals surface area contributed by atoms with Crippen molar-refractivity contribution in [3.63, 3.8) is 0 Å². The molecule has 0 spiro atoms. The first-order valence-electron chi connectivity index (χ1n) is 11.1. The van der Waals surface area contributed by atoms with Crippen molar-refractivity contribution in [2.75, 3.05) is 5.75 Å². The number of hydrogen-bond acceptors (Lipinski definition) is 7. The molecule has 4 aromatic heterocycles. The number of benzene rings is 1. The Morgan fingerprint density at radius 1 is 0.919 bits per heavy atom. The Kier molecular flexibility index (Phi) is 6.72. The van der Waals surface area contributed by atoms with Gasteiger partial charge in [-0.25, -0.2) is 19.6 Å². The zero-order valence-electron chi connectivity index (χ0n) is 19.6. The largest absolute Gasteiger partial charge is 0.329 e. The second-order valence-electron chi connectivity index (χ2n) is 8.29. The van der Waals surface area contributed by atoms with Gasteiger partial charge in [0.2, 0.25) is 0 Å². The van der Waals surface area contributed by atoms with Gasteiger partial charge in [0.1, 0.15) is 0 Å². The number of imidazole rings is 2. The molecule has 0 aliphatic carbocycles. The molecular formula is C22H20BrClN8O4S. The molecule has 2 N–H and O–H groups in total.